The molecule has 0 aliphatic heterocycles. The van der Waals surface area contributed by atoms with Crippen LogP contribution >= 0.6 is 0 Å². The molecule has 1 nitrogen and oxygen atoms in total. The summed E-state index contributed by atoms with van der Waals surface area (Å²) in [4.78, 5) is 0. The van der Waals surface area contributed by atoms with Gasteiger partial charge in [-0.05, 0) is 25.2 Å². The van der Waals surface area contributed by atoms with Crippen LogP contribution in [0.1, 0.15) is 19.3 Å². The highest BCUT2D eigenvalue weighted by Gasteiger charge is 2.16. The summed E-state index contributed by atoms with van der Waals surface area (Å²) in [5, 5.41) is 9.37. The fourth-order valence-corrected chi connectivity index (χ4v) is 1.35. The molecule has 0 radical (unpaired) electrons. The second-order valence-electron chi connectivity index (χ2n) is 2.78. The quantitative estimate of drug-likeness (QED) is 0.578. The lowest BCUT2D eigenvalue weighted by molar-refractivity contribution is 0.142. The van der Waals surface area contributed by atoms with Gasteiger partial charge in [0.05, 0.1) is 6.10 Å². The lowest BCUT2D eigenvalue weighted by atomic mass is 9.89. The number of hydrogen-bond acceptors (Lipinski definition) is 1. The largest absolute Gasteiger partial charge is 0.389 e. The van der Waals surface area contributed by atoms with Crippen molar-refractivity contribution in [2.45, 2.75) is 25.4 Å². The standard InChI is InChI=1S/C9H14O/c1-2-5-8-6-3-4-7-9(8)10/h2,4,7-10H,1,3,5-6H2. The van der Waals surface area contributed by atoms with E-state index in [2.05, 4.69) is 6.58 Å². The molecule has 0 aromatic heterocycles. The van der Waals surface area contributed by atoms with Crippen molar-refractivity contribution in [3.05, 3.63) is 24.8 Å². The lowest BCUT2D eigenvalue weighted by Gasteiger charge is -2.21. The van der Waals surface area contributed by atoms with Crippen LogP contribution in [0.25, 0.3) is 0 Å². The van der Waals surface area contributed by atoms with E-state index in [-0.39, 0.29) is 6.10 Å². The number of hydrogen-bond donors (Lipinski definition) is 1. The molecule has 2 unspecified atom stereocenters. The van der Waals surface area contributed by atoms with Gasteiger partial charge in [-0.15, -0.1) is 6.58 Å². The van der Waals surface area contributed by atoms with Crippen molar-refractivity contribution in [3.8, 4) is 0 Å². The zero-order valence-electron chi connectivity index (χ0n) is 6.16. The topological polar surface area (TPSA) is 20.2 Å². The Bertz CT molecular complexity index is 138. The van der Waals surface area contributed by atoms with Crippen molar-refractivity contribution in [1.29, 1.82) is 0 Å². The summed E-state index contributed by atoms with van der Waals surface area (Å²) in [5.74, 6) is 0.419. The van der Waals surface area contributed by atoms with Crippen molar-refractivity contribution in [2.24, 2.45) is 5.92 Å². The lowest BCUT2D eigenvalue weighted by Crippen LogP contribution is -2.19. The van der Waals surface area contributed by atoms with Crippen molar-refractivity contribution < 1.29 is 5.11 Å². The first-order valence-electron chi connectivity index (χ1n) is 3.80. The third kappa shape index (κ3) is 1.71. The van der Waals surface area contributed by atoms with Crippen LogP contribution < -0.4 is 0 Å². The van der Waals surface area contributed by atoms with Crippen LogP contribution in [0.2, 0.25) is 0 Å². The minimum Gasteiger partial charge on any atom is -0.389 e. The third-order valence-corrected chi connectivity index (χ3v) is 1.99. The van der Waals surface area contributed by atoms with Crippen LogP contribution in [0.4, 0.5) is 0 Å². The van der Waals surface area contributed by atoms with E-state index < -0.39 is 0 Å². The highest BCUT2D eigenvalue weighted by atomic mass is 16.3. The zero-order chi connectivity index (χ0) is 7.40. The minimum atomic E-state index is -0.230. The molecule has 1 aliphatic rings. The molecule has 0 fully saturated rings. The van der Waals surface area contributed by atoms with Gasteiger partial charge in [0, 0.05) is 0 Å². The Morgan fingerprint density at radius 1 is 1.70 bits per heavy atom. The van der Waals surface area contributed by atoms with Gasteiger partial charge in [0.2, 0.25) is 0 Å². The molecule has 0 saturated heterocycles. The van der Waals surface area contributed by atoms with Gasteiger partial charge in [0.25, 0.3) is 0 Å². The molecule has 0 saturated carbocycles. The van der Waals surface area contributed by atoms with E-state index in [1.54, 1.807) is 0 Å². The van der Waals surface area contributed by atoms with E-state index in [0.717, 1.165) is 19.3 Å². The van der Waals surface area contributed by atoms with Gasteiger partial charge in [-0.1, -0.05) is 18.2 Å². The normalized spacial score (nSPS) is 32.1. The van der Waals surface area contributed by atoms with E-state index in [1.807, 2.05) is 18.2 Å². The first-order chi connectivity index (χ1) is 4.84. The summed E-state index contributed by atoms with van der Waals surface area (Å²) in [6.07, 6.45) is 8.73. The molecule has 0 bridgehead atoms. The van der Waals surface area contributed by atoms with Crippen molar-refractivity contribution in [3.63, 3.8) is 0 Å². The van der Waals surface area contributed by atoms with Gasteiger partial charge < -0.3 is 5.11 Å². The average molecular weight is 138 g/mol. The Morgan fingerprint density at radius 2 is 2.50 bits per heavy atom. The van der Waals surface area contributed by atoms with Crippen LogP contribution in [0, 0.1) is 5.92 Å². The molecule has 56 valence electrons. The SMILES string of the molecule is C=CCC1CCC=CC1O. The van der Waals surface area contributed by atoms with E-state index in [9.17, 15) is 5.11 Å². The predicted octanol–water partition coefficient (Wildman–Crippen LogP) is 1.89. The molecule has 0 aromatic rings. The molecule has 1 aliphatic carbocycles. The van der Waals surface area contributed by atoms with Gasteiger partial charge in [0.1, 0.15) is 0 Å². The Hall–Kier alpha value is -0.560. The maximum atomic E-state index is 9.37. The van der Waals surface area contributed by atoms with E-state index in [1.165, 1.54) is 0 Å². The molecule has 0 aromatic carbocycles. The molecule has 1 N–H and O–H groups in total. The average Bonchev–Trinajstić information content (AvgIpc) is 1.94. The summed E-state index contributed by atoms with van der Waals surface area (Å²) in [7, 11) is 0. The van der Waals surface area contributed by atoms with Crippen LogP contribution in [-0.2, 0) is 0 Å². The predicted molar refractivity (Wildman–Crippen MR) is 42.7 cm³/mol. The van der Waals surface area contributed by atoms with Crippen molar-refractivity contribution in [2.75, 3.05) is 0 Å². The monoisotopic (exact) mass is 138 g/mol. The van der Waals surface area contributed by atoms with Gasteiger partial charge in [-0.3, -0.25) is 0 Å². The van der Waals surface area contributed by atoms with Gasteiger partial charge in [0.15, 0.2) is 0 Å². The number of rotatable bonds is 2. The molecule has 0 spiro atoms. The molecular formula is C9H14O. The first kappa shape index (κ1) is 7.55. The number of aliphatic hydroxyl groups is 1. The summed E-state index contributed by atoms with van der Waals surface area (Å²) >= 11 is 0. The molecule has 1 heteroatoms. The Balaban J connectivity index is 2.43. The van der Waals surface area contributed by atoms with E-state index in [4.69, 9.17) is 0 Å². The molecule has 2 atom stereocenters. The molecular weight excluding hydrogens is 124 g/mol. The molecule has 10 heavy (non-hydrogen) atoms. The second kappa shape index (κ2) is 3.57. The molecule has 0 heterocycles. The maximum Gasteiger partial charge on any atom is 0.0752 e. The smallest absolute Gasteiger partial charge is 0.0752 e. The first-order valence-corrected chi connectivity index (χ1v) is 3.80. The maximum absolute atomic E-state index is 9.37. The van der Waals surface area contributed by atoms with Crippen molar-refractivity contribution in [1.82, 2.24) is 0 Å². The summed E-state index contributed by atoms with van der Waals surface area (Å²) < 4.78 is 0. The van der Waals surface area contributed by atoms with E-state index in [0.29, 0.717) is 5.92 Å². The van der Waals surface area contributed by atoms with Gasteiger partial charge >= 0.3 is 0 Å². The van der Waals surface area contributed by atoms with Crippen molar-refractivity contribution >= 4 is 0 Å². The Labute approximate surface area is 62.1 Å². The minimum absolute atomic E-state index is 0.230. The van der Waals surface area contributed by atoms with Crippen LogP contribution in [-0.4, -0.2) is 11.2 Å². The third-order valence-electron chi connectivity index (χ3n) is 1.99. The summed E-state index contributed by atoms with van der Waals surface area (Å²) in [5.41, 5.74) is 0. The van der Waals surface area contributed by atoms with E-state index >= 15 is 0 Å². The number of allylic oxidation sites excluding steroid dienone is 2. The summed E-state index contributed by atoms with van der Waals surface area (Å²) in [6, 6.07) is 0. The van der Waals surface area contributed by atoms with Gasteiger partial charge in [-0.2, -0.15) is 0 Å². The fourth-order valence-electron chi connectivity index (χ4n) is 1.35. The molecule has 1 rings (SSSR count). The fraction of sp³-hybridized carbons (Fsp3) is 0.556. The summed E-state index contributed by atoms with van der Waals surface area (Å²) in [6.45, 7) is 3.65. The highest BCUT2D eigenvalue weighted by molar-refractivity contribution is 4.98. The highest BCUT2D eigenvalue weighted by Crippen LogP contribution is 2.21. The second-order valence-corrected chi connectivity index (χ2v) is 2.78. The molecule has 0 amide bonds. The Morgan fingerprint density at radius 3 is 3.10 bits per heavy atom. The number of aliphatic hydroxyl groups excluding tert-OH is 1. The zero-order valence-corrected chi connectivity index (χ0v) is 6.16. The van der Waals surface area contributed by atoms with Gasteiger partial charge in [-0.25, -0.2) is 0 Å². The van der Waals surface area contributed by atoms with Crippen LogP contribution in [0.5, 0.6) is 0 Å². The Kier molecular flexibility index (Phi) is 2.69. The van der Waals surface area contributed by atoms with Crippen LogP contribution in [0.15, 0.2) is 24.8 Å². The van der Waals surface area contributed by atoms with Crippen LogP contribution in [0.3, 0.4) is 0 Å².